The molecule has 0 aliphatic heterocycles. The molecular formula is C11H13ClMg. The molecule has 0 saturated carbocycles. The van der Waals surface area contributed by atoms with Crippen LogP contribution in [0.15, 0.2) is 43.0 Å². The number of rotatable bonds is 3. The van der Waals surface area contributed by atoms with E-state index >= 15 is 0 Å². The molecule has 0 N–H and O–H groups in total. The van der Waals surface area contributed by atoms with Gasteiger partial charge in [0.1, 0.15) is 0 Å². The van der Waals surface area contributed by atoms with E-state index < -0.39 is 0 Å². The third-order valence-electron chi connectivity index (χ3n) is 1.77. The van der Waals surface area contributed by atoms with E-state index in [2.05, 4.69) is 37.8 Å². The summed E-state index contributed by atoms with van der Waals surface area (Å²) >= 11 is 0. The quantitative estimate of drug-likeness (QED) is 0.474. The monoisotopic (exact) mass is 204 g/mol. The van der Waals surface area contributed by atoms with E-state index in [0.29, 0.717) is 0 Å². The molecule has 0 bridgehead atoms. The van der Waals surface area contributed by atoms with E-state index in [4.69, 9.17) is 0 Å². The van der Waals surface area contributed by atoms with Gasteiger partial charge in [0.25, 0.3) is 0 Å². The molecule has 0 aromatic heterocycles. The van der Waals surface area contributed by atoms with Crippen molar-refractivity contribution in [1.82, 2.24) is 0 Å². The maximum Gasteiger partial charge on any atom is 2.00 e. The molecule has 0 atom stereocenters. The molecule has 0 spiro atoms. The molecular weight excluding hydrogens is 192 g/mol. The maximum atomic E-state index is 3.77. The van der Waals surface area contributed by atoms with Crippen molar-refractivity contribution in [2.75, 3.05) is 0 Å². The Morgan fingerprint density at radius 1 is 1.31 bits per heavy atom. The summed E-state index contributed by atoms with van der Waals surface area (Å²) < 4.78 is 0. The minimum atomic E-state index is 0. The molecule has 1 rings (SSSR count). The maximum absolute atomic E-state index is 3.77. The summed E-state index contributed by atoms with van der Waals surface area (Å²) in [6, 6.07) is 10.4. The Morgan fingerprint density at radius 2 is 1.85 bits per heavy atom. The summed E-state index contributed by atoms with van der Waals surface area (Å²) in [7, 11) is 0. The fraction of sp³-hybridized carbons (Fsp3) is 0.182. The topological polar surface area (TPSA) is 0 Å². The SMILES string of the molecule is C=C[C-](CC)c1ccccc1.[Cl-].[Mg+2]. The van der Waals surface area contributed by atoms with Gasteiger partial charge in [0.05, 0.1) is 0 Å². The Kier molecular flexibility index (Phi) is 10.0. The fourth-order valence-corrected chi connectivity index (χ4v) is 1.12. The molecule has 0 aliphatic rings. The van der Waals surface area contributed by atoms with Gasteiger partial charge < -0.3 is 12.4 Å². The predicted octanol–water partition coefficient (Wildman–Crippen LogP) is -0.172. The van der Waals surface area contributed by atoms with Crippen LogP contribution >= 0.6 is 0 Å². The smallest absolute Gasteiger partial charge is 1.00 e. The molecule has 66 valence electrons. The van der Waals surface area contributed by atoms with Crippen LogP contribution in [-0.2, 0) is 0 Å². The summed E-state index contributed by atoms with van der Waals surface area (Å²) in [6.45, 7) is 5.91. The average Bonchev–Trinajstić information content (AvgIpc) is 2.09. The summed E-state index contributed by atoms with van der Waals surface area (Å²) in [5, 5.41) is 0. The molecule has 13 heavy (non-hydrogen) atoms. The largest absolute Gasteiger partial charge is 2.00 e. The van der Waals surface area contributed by atoms with Crippen molar-refractivity contribution < 1.29 is 12.4 Å². The second-order valence-electron chi connectivity index (χ2n) is 2.45. The molecule has 0 fully saturated rings. The van der Waals surface area contributed by atoms with Crippen molar-refractivity contribution in [1.29, 1.82) is 0 Å². The fourth-order valence-electron chi connectivity index (χ4n) is 1.12. The molecule has 0 nitrogen and oxygen atoms in total. The Balaban J connectivity index is 0. The van der Waals surface area contributed by atoms with Crippen molar-refractivity contribution in [3.05, 3.63) is 54.5 Å². The van der Waals surface area contributed by atoms with Crippen molar-refractivity contribution in [2.24, 2.45) is 0 Å². The molecule has 0 heterocycles. The van der Waals surface area contributed by atoms with Gasteiger partial charge in [-0.05, 0) is 0 Å². The van der Waals surface area contributed by atoms with E-state index in [1.54, 1.807) is 0 Å². The Morgan fingerprint density at radius 3 is 2.23 bits per heavy atom. The van der Waals surface area contributed by atoms with E-state index in [-0.39, 0.29) is 35.5 Å². The van der Waals surface area contributed by atoms with Gasteiger partial charge in [0, 0.05) is 0 Å². The van der Waals surface area contributed by atoms with Gasteiger partial charge in [-0.1, -0.05) is 19.4 Å². The van der Waals surface area contributed by atoms with E-state index in [1.807, 2.05) is 12.1 Å². The first-order valence-corrected chi connectivity index (χ1v) is 3.92. The van der Waals surface area contributed by atoms with E-state index in [0.717, 1.165) is 6.42 Å². The van der Waals surface area contributed by atoms with Crippen molar-refractivity contribution in [2.45, 2.75) is 13.3 Å². The van der Waals surface area contributed by atoms with Crippen LogP contribution < -0.4 is 12.4 Å². The van der Waals surface area contributed by atoms with Gasteiger partial charge in [-0.25, -0.2) is 0 Å². The standard InChI is InChI=1S/C11H13.ClH.Mg/c1-3-10(4-2)11-8-6-5-7-9-11;;/h3,5-9H,1,4H2,2H3;1H;/q-1;;+2/p-1. The van der Waals surface area contributed by atoms with Crippen LogP contribution in [0.4, 0.5) is 0 Å². The van der Waals surface area contributed by atoms with Crippen LogP contribution in [0, 0.1) is 5.92 Å². The summed E-state index contributed by atoms with van der Waals surface area (Å²) in [5.74, 6) is 1.31. The van der Waals surface area contributed by atoms with Gasteiger partial charge in [0.2, 0.25) is 0 Å². The van der Waals surface area contributed by atoms with Crippen molar-refractivity contribution in [3.8, 4) is 0 Å². The second-order valence-corrected chi connectivity index (χ2v) is 2.45. The Bertz CT molecular complexity index is 221. The first-order valence-electron chi connectivity index (χ1n) is 3.92. The third-order valence-corrected chi connectivity index (χ3v) is 1.77. The molecule has 0 amide bonds. The van der Waals surface area contributed by atoms with Crippen LogP contribution in [-0.4, -0.2) is 23.1 Å². The van der Waals surface area contributed by atoms with Crippen molar-refractivity contribution >= 4 is 23.1 Å². The van der Waals surface area contributed by atoms with Gasteiger partial charge in [-0.2, -0.15) is 6.58 Å². The molecule has 1 aromatic rings. The number of halogens is 1. The van der Waals surface area contributed by atoms with Gasteiger partial charge in [-0.3, -0.25) is 0 Å². The van der Waals surface area contributed by atoms with Gasteiger partial charge in [-0.15, -0.1) is 41.8 Å². The summed E-state index contributed by atoms with van der Waals surface area (Å²) in [4.78, 5) is 0. The minimum Gasteiger partial charge on any atom is -1.00 e. The second kappa shape index (κ2) is 8.48. The zero-order chi connectivity index (χ0) is 8.10. The molecule has 2 heteroatoms. The third kappa shape index (κ3) is 4.60. The van der Waals surface area contributed by atoms with Crippen molar-refractivity contribution in [3.63, 3.8) is 0 Å². The molecule has 0 saturated heterocycles. The number of hydrogen-bond donors (Lipinski definition) is 0. The Labute approximate surface area is 103 Å². The minimum absolute atomic E-state index is 0. The van der Waals surface area contributed by atoms with E-state index in [1.165, 1.54) is 11.5 Å². The number of benzene rings is 1. The van der Waals surface area contributed by atoms with E-state index in [9.17, 15) is 0 Å². The first-order chi connectivity index (χ1) is 5.38. The van der Waals surface area contributed by atoms with Crippen LogP contribution in [0.2, 0.25) is 0 Å². The molecule has 0 unspecified atom stereocenters. The molecule has 1 aromatic carbocycles. The van der Waals surface area contributed by atoms with Crippen LogP contribution in [0.25, 0.3) is 0 Å². The number of hydrogen-bond acceptors (Lipinski definition) is 0. The summed E-state index contributed by atoms with van der Waals surface area (Å²) in [5.41, 5.74) is 1.28. The zero-order valence-electron chi connectivity index (χ0n) is 7.96. The van der Waals surface area contributed by atoms with Crippen LogP contribution in [0.3, 0.4) is 0 Å². The summed E-state index contributed by atoms with van der Waals surface area (Å²) in [6.07, 6.45) is 2.98. The first kappa shape index (κ1) is 15.4. The van der Waals surface area contributed by atoms with Gasteiger partial charge in [0.15, 0.2) is 0 Å². The Hall–Kier alpha value is -0.114. The molecule has 0 aliphatic carbocycles. The van der Waals surface area contributed by atoms with Crippen LogP contribution in [0.5, 0.6) is 0 Å². The van der Waals surface area contributed by atoms with Crippen LogP contribution in [0.1, 0.15) is 18.9 Å². The molecule has 0 radical (unpaired) electrons. The van der Waals surface area contributed by atoms with Gasteiger partial charge >= 0.3 is 23.1 Å². The zero-order valence-corrected chi connectivity index (χ0v) is 10.1. The normalized spacial score (nSPS) is 7.77. The average molecular weight is 205 g/mol. The predicted molar refractivity (Wildman–Crippen MR) is 55.0 cm³/mol. The number of allylic oxidation sites excluding steroid dienone is 1.